The molecule has 0 radical (unpaired) electrons. The van der Waals surface area contributed by atoms with E-state index in [1.165, 1.54) is 28.7 Å². The summed E-state index contributed by atoms with van der Waals surface area (Å²) >= 11 is 1.37. The molecule has 1 N–H and O–H groups in total. The maximum atomic E-state index is 13.0. The van der Waals surface area contributed by atoms with Crippen LogP contribution in [0.4, 0.5) is 10.8 Å². The average molecular weight is 426 g/mol. The number of hydrogen-bond donors (Lipinski definition) is 1. The molecule has 0 spiro atoms. The SMILES string of the molecule is Cc1cc(C)c(NC(=O)Cn2cnc3nc(N4CCC[C@@H](C)C4)sc3c2=O)c(C)c1. The third kappa shape index (κ3) is 4.09. The standard InChI is InChI=1S/C22H27N5O2S/c1-13-6-5-7-26(10-13)22-25-20-19(30-22)21(29)27(12-23-20)11-17(28)24-18-15(3)8-14(2)9-16(18)4/h8-9,12-13H,5-7,10-11H2,1-4H3,(H,24,28)/t13-/m1/s1. The van der Waals surface area contributed by atoms with Crippen molar-refractivity contribution in [2.24, 2.45) is 5.92 Å². The lowest BCUT2D eigenvalue weighted by molar-refractivity contribution is -0.116. The fourth-order valence-corrected chi connectivity index (χ4v) is 5.16. The number of nitrogens with zero attached hydrogens (tertiary/aromatic N) is 4. The second-order valence-corrected chi connectivity index (χ2v) is 9.32. The molecule has 8 heteroatoms. The number of anilines is 2. The molecule has 3 heterocycles. The molecular weight excluding hydrogens is 398 g/mol. The Morgan fingerprint density at radius 1 is 1.27 bits per heavy atom. The predicted octanol–water partition coefficient (Wildman–Crippen LogP) is 3.65. The first-order valence-corrected chi connectivity index (χ1v) is 11.1. The zero-order chi connectivity index (χ0) is 21.4. The van der Waals surface area contributed by atoms with Crippen molar-refractivity contribution in [1.29, 1.82) is 0 Å². The van der Waals surface area contributed by atoms with E-state index in [-0.39, 0.29) is 18.0 Å². The highest BCUT2D eigenvalue weighted by Crippen LogP contribution is 2.29. The van der Waals surface area contributed by atoms with Crippen LogP contribution in [0.25, 0.3) is 10.3 Å². The van der Waals surface area contributed by atoms with E-state index in [0.717, 1.165) is 47.0 Å². The molecule has 1 atom stereocenters. The molecular formula is C22H27N5O2S. The molecule has 0 saturated carbocycles. The Morgan fingerprint density at radius 2 is 2.00 bits per heavy atom. The van der Waals surface area contributed by atoms with Crippen molar-refractivity contribution in [3.8, 4) is 0 Å². The van der Waals surface area contributed by atoms with Crippen LogP contribution in [0, 0.1) is 26.7 Å². The number of piperidine rings is 1. The number of carbonyl (C=O) groups excluding carboxylic acids is 1. The van der Waals surface area contributed by atoms with Crippen molar-refractivity contribution in [3.05, 3.63) is 45.5 Å². The van der Waals surface area contributed by atoms with Gasteiger partial charge in [-0.3, -0.25) is 14.2 Å². The van der Waals surface area contributed by atoms with Gasteiger partial charge < -0.3 is 10.2 Å². The Bertz CT molecular complexity index is 1140. The van der Waals surface area contributed by atoms with E-state index in [1.54, 1.807) is 0 Å². The average Bonchev–Trinajstić information content (AvgIpc) is 3.12. The maximum absolute atomic E-state index is 13.0. The Balaban J connectivity index is 1.55. The molecule has 30 heavy (non-hydrogen) atoms. The molecule has 3 aromatic rings. The normalized spacial score (nSPS) is 16.8. The minimum atomic E-state index is -0.247. The number of rotatable bonds is 4. The summed E-state index contributed by atoms with van der Waals surface area (Å²) in [4.78, 5) is 36.7. The molecule has 2 aromatic heterocycles. The van der Waals surface area contributed by atoms with E-state index in [2.05, 4.69) is 27.1 Å². The van der Waals surface area contributed by atoms with Gasteiger partial charge in [-0.1, -0.05) is 36.0 Å². The lowest BCUT2D eigenvalue weighted by Crippen LogP contribution is -2.34. The van der Waals surface area contributed by atoms with Crippen molar-refractivity contribution in [2.75, 3.05) is 23.3 Å². The van der Waals surface area contributed by atoms with Crippen LogP contribution in [0.3, 0.4) is 0 Å². The van der Waals surface area contributed by atoms with Gasteiger partial charge >= 0.3 is 0 Å². The van der Waals surface area contributed by atoms with Gasteiger partial charge in [-0.15, -0.1) is 0 Å². The summed E-state index contributed by atoms with van der Waals surface area (Å²) in [5, 5.41) is 3.79. The van der Waals surface area contributed by atoms with Crippen LogP contribution in [0.2, 0.25) is 0 Å². The highest BCUT2D eigenvalue weighted by molar-refractivity contribution is 7.22. The zero-order valence-corrected chi connectivity index (χ0v) is 18.7. The van der Waals surface area contributed by atoms with E-state index in [4.69, 9.17) is 0 Å². The number of hydrogen-bond acceptors (Lipinski definition) is 6. The lowest BCUT2D eigenvalue weighted by atomic mass is 10.0. The summed E-state index contributed by atoms with van der Waals surface area (Å²) in [6.45, 7) is 10.0. The quantitative estimate of drug-likeness (QED) is 0.690. The van der Waals surface area contributed by atoms with Gasteiger partial charge in [-0.2, -0.15) is 4.98 Å². The van der Waals surface area contributed by atoms with E-state index in [0.29, 0.717) is 16.3 Å². The topological polar surface area (TPSA) is 80.1 Å². The van der Waals surface area contributed by atoms with Gasteiger partial charge in [0.05, 0.1) is 0 Å². The Morgan fingerprint density at radius 3 is 2.70 bits per heavy atom. The molecule has 0 bridgehead atoms. The van der Waals surface area contributed by atoms with Crippen LogP contribution in [0.15, 0.2) is 23.3 Å². The number of nitrogens with one attached hydrogen (secondary N) is 1. The Labute approximate surface area is 179 Å². The first-order valence-electron chi connectivity index (χ1n) is 10.3. The summed E-state index contributed by atoms with van der Waals surface area (Å²) in [5.41, 5.74) is 4.20. The number of amides is 1. The molecule has 1 aliphatic rings. The maximum Gasteiger partial charge on any atom is 0.273 e. The summed E-state index contributed by atoms with van der Waals surface area (Å²) in [6, 6.07) is 4.06. The summed E-state index contributed by atoms with van der Waals surface area (Å²) < 4.78 is 1.86. The van der Waals surface area contributed by atoms with Crippen molar-refractivity contribution >= 4 is 38.4 Å². The largest absolute Gasteiger partial charge is 0.348 e. The molecule has 0 unspecified atom stereocenters. The van der Waals surface area contributed by atoms with Crippen LogP contribution in [0.5, 0.6) is 0 Å². The predicted molar refractivity (Wildman–Crippen MR) is 122 cm³/mol. The van der Waals surface area contributed by atoms with Crippen LogP contribution < -0.4 is 15.8 Å². The molecule has 4 rings (SSSR count). The van der Waals surface area contributed by atoms with Gasteiger partial charge in [0.25, 0.3) is 5.56 Å². The second kappa shape index (κ2) is 8.18. The first-order chi connectivity index (χ1) is 14.3. The summed E-state index contributed by atoms with van der Waals surface area (Å²) in [5.74, 6) is 0.371. The molecule has 1 aromatic carbocycles. The van der Waals surface area contributed by atoms with Crippen molar-refractivity contribution in [2.45, 2.75) is 47.1 Å². The van der Waals surface area contributed by atoms with E-state index in [9.17, 15) is 9.59 Å². The first kappa shape index (κ1) is 20.5. The minimum absolute atomic E-state index is 0.0808. The van der Waals surface area contributed by atoms with Gasteiger partial charge in [-0.25, -0.2) is 4.98 Å². The van der Waals surface area contributed by atoms with Crippen LogP contribution in [0.1, 0.15) is 36.5 Å². The Hall–Kier alpha value is -2.74. The number of carbonyl (C=O) groups is 1. The molecule has 1 amide bonds. The van der Waals surface area contributed by atoms with Crippen molar-refractivity contribution < 1.29 is 4.79 Å². The molecule has 0 aliphatic carbocycles. The molecule has 7 nitrogen and oxygen atoms in total. The fourth-order valence-electron chi connectivity index (χ4n) is 4.16. The van der Waals surface area contributed by atoms with Crippen LogP contribution >= 0.6 is 11.3 Å². The third-order valence-corrected chi connectivity index (χ3v) is 6.65. The summed E-state index contributed by atoms with van der Waals surface area (Å²) in [7, 11) is 0. The smallest absolute Gasteiger partial charge is 0.273 e. The van der Waals surface area contributed by atoms with Gasteiger partial charge in [0, 0.05) is 18.8 Å². The fraction of sp³-hybridized carbons (Fsp3) is 0.455. The molecule has 1 saturated heterocycles. The molecule has 1 fully saturated rings. The van der Waals surface area contributed by atoms with E-state index in [1.807, 2.05) is 32.9 Å². The second-order valence-electron chi connectivity index (χ2n) is 8.34. The Kier molecular flexibility index (Phi) is 5.60. The van der Waals surface area contributed by atoms with E-state index < -0.39 is 0 Å². The number of thiazole rings is 1. The van der Waals surface area contributed by atoms with Crippen LogP contribution in [-0.4, -0.2) is 33.5 Å². The van der Waals surface area contributed by atoms with Crippen molar-refractivity contribution in [3.63, 3.8) is 0 Å². The number of aromatic nitrogens is 3. The van der Waals surface area contributed by atoms with Gasteiger partial charge in [-0.05, 0) is 50.7 Å². The van der Waals surface area contributed by atoms with Gasteiger partial charge in [0.15, 0.2) is 10.8 Å². The lowest BCUT2D eigenvalue weighted by Gasteiger charge is -2.30. The highest BCUT2D eigenvalue weighted by Gasteiger charge is 2.21. The minimum Gasteiger partial charge on any atom is -0.348 e. The molecule has 1 aliphatic heterocycles. The summed E-state index contributed by atoms with van der Waals surface area (Å²) in [6.07, 6.45) is 3.77. The third-order valence-electron chi connectivity index (χ3n) is 5.56. The van der Waals surface area contributed by atoms with Crippen LogP contribution in [-0.2, 0) is 11.3 Å². The number of fused-ring (bicyclic) bond motifs is 1. The van der Waals surface area contributed by atoms with Gasteiger partial charge in [0.2, 0.25) is 5.91 Å². The number of aryl methyl sites for hydroxylation is 3. The molecule has 158 valence electrons. The highest BCUT2D eigenvalue weighted by atomic mass is 32.1. The monoisotopic (exact) mass is 425 g/mol. The van der Waals surface area contributed by atoms with E-state index >= 15 is 0 Å². The zero-order valence-electron chi connectivity index (χ0n) is 17.9. The van der Waals surface area contributed by atoms with Crippen molar-refractivity contribution in [1.82, 2.24) is 14.5 Å². The number of benzene rings is 1. The van der Waals surface area contributed by atoms with Gasteiger partial charge in [0.1, 0.15) is 17.6 Å².